The Bertz CT molecular complexity index is 1100. The first kappa shape index (κ1) is 24.0. The van der Waals surface area contributed by atoms with Gasteiger partial charge in [0, 0.05) is 29.9 Å². The van der Waals surface area contributed by atoms with Gasteiger partial charge in [-0.05, 0) is 43.5 Å². The first-order valence-electron chi connectivity index (χ1n) is 11.9. The third-order valence-electron chi connectivity index (χ3n) is 5.72. The Morgan fingerprint density at radius 2 is 1.38 bits per heavy atom. The van der Waals surface area contributed by atoms with E-state index >= 15 is 0 Å². The van der Waals surface area contributed by atoms with Crippen molar-refractivity contribution in [2.24, 2.45) is 15.9 Å². The molecular weight excluding hydrogens is 448 g/mol. The largest absolute Gasteiger partial charge is 0.325 e. The summed E-state index contributed by atoms with van der Waals surface area (Å²) in [7, 11) is 0. The average Bonchev–Trinajstić information content (AvgIpc) is 3.48. The van der Waals surface area contributed by atoms with Gasteiger partial charge in [0.25, 0.3) is 0 Å². The first-order chi connectivity index (χ1) is 16.5. The van der Waals surface area contributed by atoms with E-state index in [0.29, 0.717) is 5.82 Å². The molecule has 0 spiro atoms. The average molecular weight is 479 g/mol. The van der Waals surface area contributed by atoms with E-state index in [0.717, 1.165) is 60.1 Å². The molecular formula is C25H31ClN8. The van der Waals surface area contributed by atoms with Crippen molar-refractivity contribution in [3.63, 3.8) is 0 Å². The third kappa shape index (κ3) is 7.45. The minimum atomic E-state index is 0.245. The zero-order valence-corrected chi connectivity index (χ0v) is 20.5. The van der Waals surface area contributed by atoms with E-state index in [2.05, 4.69) is 40.6 Å². The highest BCUT2D eigenvalue weighted by Gasteiger charge is 2.16. The highest BCUT2D eigenvalue weighted by Crippen LogP contribution is 2.26. The van der Waals surface area contributed by atoms with E-state index < -0.39 is 0 Å². The van der Waals surface area contributed by atoms with Crippen LogP contribution in [0.5, 0.6) is 0 Å². The molecule has 0 aromatic carbocycles. The fraction of sp³-hybridized carbons (Fsp3) is 0.440. The summed E-state index contributed by atoms with van der Waals surface area (Å²) >= 11 is 5.72. The summed E-state index contributed by atoms with van der Waals surface area (Å²) in [5.41, 5.74) is 1.85. The van der Waals surface area contributed by atoms with Gasteiger partial charge in [-0.1, -0.05) is 44.3 Å². The lowest BCUT2D eigenvalue weighted by Gasteiger charge is -2.21. The monoisotopic (exact) mass is 478 g/mol. The van der Waals surface area contributed by atoms with Gasteiger partial charge >= 0.3 is 0 Å². The van der Waals surface area contributed by atoms with Gasteiger partial charge in [-0.3, -0.25) is 9.98 Å². The number of anilines is 2. The molecule has 0 unspecified atom stereocenters. The maximum Gasteiger partial charge on any atom is 0.224 e. The lowest BCUT2D eigenvalue weighted by Crippen LogP contribution is -2.14. The Hall–Kier alpha value is -3.13. The molecule has 8 nitrogen and oxygen atoms in total. The van der Waals surface area contributed by atoms with Gasteiger partial charge in [0.15, 0.2) is 0 Å². The Labute approximate surface area is 205 Å². The minimum Gasteiger partial charge on any atom is -0.325 e. The Morgan fingerprint density at radius 1 is 0.794 bits per heavy atom. The second-order valence-corrected chi connectivity index (χ2v) is 9.03. The lowest BCUT2D eigenvalue weighted by atomic mass is 9.87. The molecule has 3 aliphatic rings. The van der Waals surface area contributed by atoms with Crippen molar-refractivity contribution in [3.8, 4) is 0 Å². The molecule has 0 amide bonds. The van der Waals surface area contributed by atoms with Crippen LogP contribution in [0.4, 0.5) is 11.6 Å². The van der Waals surface area contributed by atoms with Crippen molar-refractivity contribution in [2.45, 2.75) is 52.4 Å². The molecule has 2 aliphatic heterocycles. The van der Waals surface area contributed by atoms with Crippen LogP contribution in [0.15, 0.2) is 46.4 Å². The third-order valence-corrected chi connectivity index (χ3v) is 5.89. The van der Waals surface area contributed by atoms with E-state index in [4.69, 9.17) is 11.6 Å². The van der Waals surface area contributed by atoms with Crippen molar-refractivity contribution in [2.75, 3.05) is 23.7 Å². The molecule has 1 saturated carbocycles. The molecule has 1 aliphatic carbocycles. The van der Waals surface area contributed by atoms with Gasteiger partial charge in [-0.15, -0.1) is 0 Å². The molecule has 2 N–H and O–H groups in total. The standard InChI is InChI=1S/C16H22N4.C9H9ClN4/c1-12-10-15(19-14-8-5-9-17-14)20-16(18-12)11-13-6-3-2-4-7-13;1-6-5-8(14-9(10)12-6)13-7-3-2-4-11-7/h5,8,10,13H,2-4,6-7,9,11H2,1H3,(H,17,18,19,20);2-3,5H,4H2,1H3,(H,11,12,13,14). The molecule has 178 valence electrons. The van der Waals surface area contributed by atoms with Crippen molar-refractivity contribution >= 4 is 34.9 Å². The highest BCUT2D eigenvalue weighted by atomic mass is 35.5. The topological polar surface area (TPSA) is 100 Å². The number of nitrogens with zero attached hydrogens (tertiary/aromatic N) is 6. The molecule has 5 rings (SSSR count). The minimum absolute atomic E-state index is 0.245. The number of hydrogen-bond donors (Lipinski definition) is 2. The molecule has 34 heavy (non-hydrogen) atoms. The Morgan fingerprint density at radius 3 is 1.94 bits per heavy atom. The van der Waals surface area contributed by atoms with Gasteiger partial charge in [-0.2, -0.15) is 0 Å². The number of aryl methyl sites for hydroxylation is 2. The SMILES string of the molecule is Cc1cc(NC2=NCC=C2)nc(CC2CCCCC2)n1.Cc1cc(NC2=NCC=C2)nc(Cl)n1. The Balaban J connectivity index is 0.000000172. The van der Waals surface area contributed by atoms with Gasteiger partial charge in [0.2, 0.25) is 5.28 Å². The summed E-state index contributed by atoms with van der Waals surface area (Å²) in [5, 5.41) is 6.57. The molecule has 4 heterocycles. The fourth-order valence-corrected chi connectivity index (χ4v) is 4.42. The van der Waals surface area contributed by atoms with Crippen LogP contribution >= 0.6 is 11.6 Å². The predicted octanol–water partition coefficient (Wildman–Crippen LogP) is 5.11. The number of nitrogens with one attached hydrogen (secondary N) is 2. The normalized spacial score (nSPS) is 17.1. The van der Waals surface area contributed by atoms with Crippen LogP contribution in [0, 0.1) is 19.8 Å². The smallest absolute Gasteiger partial charge is 0.224 e. The van der Waals surface area contributed by atoms with Crippen LogP contribution in [-0.4, -0.2) is 44.7 Å². The van der Waals surface area contributed by atoms with E-state index in [-0.39, 0.29) is 5.28 Å². The van der Waals surface area contributed by atoms with Crippen LogP contribution < -0.4 is 10.6 Å². The molecule has 0 saturated heterocycles. The molecule has 9 heteroatoms. The quantitative estimate of drug-likeness (QED) is 0.592. The van der Waals surface area contributed by atoms with Crippen LogP contribution in [0.1, 0.15) is 49.3 Å². The molecule has 2 aromatic heterocycles. The molecule has 1 fully saturated rings. The second-order valence-electron chi connectivity index (χ2n) is 8.69. The Kier molecular flexibility index (Phi) is 8.36. The first-order valence-corrected chi connectivity index (χ1v) is 12.2. The number of rotatable bonds is 4. The molecule has 0 atom stereocenters. The number of hydrogen-bond acceptors (Lipinski definition) is 8. The summed E-state index contributed by atoms with van der Waals surface area (Å²) < 4.78 is 0. The zero-order chi connectivity index (χ0) is 23.8. The highest BCUT2D eigenvalue weighted by molar-refractivity contribution is 6.28. The molecule has 2 aromatic rings. The van der Waals surface area contributed by atoms with E-state index in [1.807, 2.05) is 50.3 Å². The van der Waals surface area contributed by atoms with Crippen molar-refractivity contribution < 1.29 is 0 Å². The molecule has 0 radical (unpaired) electrons. The van der Waals surface area contributed by atoms with Crippen LogP contribution in [0.3, 0.4) is 0 Å². The lowest BCUT2D eigenvalue weighted by molar-refractivity contribution is 0.351. The number of aliphatic imine (C=N–C) groups is 2. The zero-order valence-electron chi connectivity index (χ0n) is 19.8. The van der Waals surface area contributed by atoms with Gasteiger partial charge in [0.05, 0.1) is 13.1 Å². The number of halogens is 1. The number of amidine groups is 2. The summed E-state index contributed by atoms with van der Waals surface area (Å²) in [6.45, 7) is 5.38. The van der Waals surface area contributed by atoms with Crippen LogP contribution in [0.25, 0.3) is 0 Å². The maximum absolute atomic E-state index is 5.72. The van der Waals surface area contributed by atoms with Crippen LogP contribution in [0.2, 0.25) is 5.28 Å². The van der Waals surface area contributed by atoms with Gasteiger partial charge < -0.3 is 10.6 Å². The summed E-state index contributed by atoms with van der Waals surface area (Å²) in [6.07, 6.45) is 15.7. The number of aromatic nitrogens is 4. The van der Waals surface area contributed by atoms with E-state index in [9.17, 15) is 0 Å². The summed E-state index contributed by atoms with van der Waals surface area (Å²) in [6, 6.07) is 3.81. The van der Waals surface area contributed by atoms with Crippen molar-refractivity contribution in [3.05, 3.63) is 58.9 Å². The van der Waals surface area contributed by atoms with Crippen LogP contribution in [-0.2, 0) is 6.42 Å². The van der Waals surface area contributed by atoms with Gasteiger partial charge in [0.1, 0.15) is 29.1 Å². The van der Waals surface area contributed by atoms with Crippen molar-refractivity contribution in [1.29, 1.82) is 0 Å². The fourth-order valence-electron chi connectivity index (χ4n) is 4.19. The summed E-state index contributed by atoms with van der Waals surface area (Å²) in [4.78, 5) is 25.8. The van der Waals surface area contributed by atoms with Gasteiger partial charge in [-0.25, -0.2) is 19.9 Å². The second kappa shape index (κ2) is 11.8. The predicted molar refractivity (Wildman–Crippen MR) is 139 cm³/mol. The van der Waals surface area contributed by atoms with E-state index in [1.165, 1.54) is 32.1 Å². The summed E-state index contributed by atoms with van der Waals surface area (Å²) in [5.74, 6) is 4.98. The maximum atomic E-state index is 5.72. The van der Waals surface area contributed by atoms with Crippen molar-refractivity contribution in [1.82, 2.24) is 19.9 Å². The van der Waals surface area contributed by atoms with E-state index in [1.54, 1.807) is 0 Å². The molecule has 0 bridgehead atoms.